The summed E-state index contributed by atoms with van der Waals surface area (Å²) in [4.78, 5) is 12.0. The van der Waals surface area contributed by atoms with Crippen molar-refractivity contribution in [3.05, 3.63) is 65.7 Å². The Morgan fingerprint density at radius 2 is 1.86 bits per heavy atom. The highest BCUT2D eigenvalue weighted by atomic mass is 19.1. The number of carbonyl (C=O) groups excluding carboxylic acids is 1. The highest BCUT2D eigenvalue weighted by Crippen LogP contribution is 2.46. The summed E-state index contributed by atoms with van der Waals surface area (Å²) >= 11 is 0. The topological polar surface area (TPSA) is 39.4 Å². The third-order valence-corrected chi connectivity index (χ3v) is 5.16. The maximum absolute atomic E-state index is 14.6. The molecule has 4 aromatic rings. The van der Waals surface area contributed by atoms with Crippen LogP contribution < -0.4 is 9.30 Å². The number of halogens is 2. The minimum atomic E-state index is -0.753. The predicted octanol–water partition coefficient (Wildman–Crippen LogP) is 4.66. The first-order valence-electron chi connectivity index (χ1n) is 8.63. The van der Waals surface area contributed by atoms with Gasteiger partial charge in [0.05, 0.1) is 23.4 Å². The van der Waals surface area contributed by atoms with Crippen molar-refractivity contribution in [3.63, 3.8) is 0 Å². The van der Waals surface area contributed by atoms with Gasteiger partial charge in [0.25, 0.3) is 0 Å². The fourth-order valence-electron chi connectivity index (χ4n) is 3.90. The second kappa shape index (κ2) is 5.73. The number of pyridine rings is 1. The van der Waals surface area contributed by atoms with Crippen LogP contribution in [-0.2, 0) is 11.8 Å². The lowest BCUT2D eigenvalue weighted by Crippen LogP contribution is -2.33. The summed E-state index contributed by atoms with van der Waals surface area (Å²) in [5.74, 6) is -0.655. The first-order chi connectivity index (χ1) is 13.5. The molecule has 3 aromatic carbocycles. The third-order valence-electron chi connectivity index (χ3n) is 5.16. The lowest BCUT2D eigenvalue weighted by atomic mass is 9.95. The van der Waals surface area contributed by atoms with Crippen LogP contribution in [0.2, 0.25) is 0 Å². The van der Waals surface area contributed by atoms with Gasteiger partial charge in [-0.3, -0.25) is 0 Å². The zero-order chi connectivity index (χ0) is 19.6. The molecule has 0 atom stereocenters. The van der Waals surface area contributed by atoms with E-state index in [9.17, 15) is 13.6 Å². The van der Waals surface area contributed by atoms with E-state index in [1.165, 1.54) is 31.4 Å². The van der Waals surface area contributed by atoms with Crippen molar-refractivity contribution in [2.24, 2.45) is 7.05 Å². The van der Waals surface area contributed by atoms with Crippen molar-refractivity contribution in [2.75, 3.05) is 7.11 Å². The predicted molar refractivity (Wildman–Crippen MR) is 99.4 cm³/mol. The monoisotopic (exact) mass is 378 g/mol. The van der Waals surface area contributed by atoms with E-state index in [0.717, 1.165) is 16.5 Å². The summed E-state index contributed by atoms with van der Waals surface area (Å²) in [5, 5.41) is 2.14. The zero-order valence-corrected chi connectivity index (χ0v) is 15.0. The molecular weight excluding hydrogens is 364 g/mol. The second-order valence-corrected chi connectivity index (χ2v) is 6.67. The number of rotatable bonds is 1. The van der Waals surface area contributed by atoms with E-state index in [-0.39, 0.29) is 11.4 Å². The van der Waals surface area contributed by atoms with Crippen molar-refractivity contribution in [1.29, 1.82) is 0 Å². The summed E-state index contributed by atoms with van der Waals surface area (Å²) in [6.45, 7) is 0. The van der Waals surface area contributed by atoms with Crippen LogP contribution in [0.1, 0.15) is 10.4 Å². The quantitative estimate of drug-likeness (QED) is 0.242. The van der Waals surface area contributed by atoms with Gasteiger partial charge < -0.3 is 9.47 Å². The molecule has 0 N–H and O–H groups in total. The maximum Gasteiger partial charge on any atom is 0.341 e. The van der Waals surface area contributed by atoms with Crippen LogP contribution >= 0.6 is 0 Å². The van der Waals surface area contributed by atoms with Gasteiger partial charge in [-0.15, -0.1) is 0 Å². The third kappa shape index (κ3) is 2.14. The molecular formula is C22H14F2NO3+. The molecule has 0 bridgehead atoms. The van der Waals surface area contributed by atoms with Crippen LogP contribution in [0.5, 0.6) is 11.5 Å². The first-order valence-corrected chi connectivity index (χ1v) is 8.63. The SMILES string of the molecule is COC(=O)c1cc2c(cc1F)c1cccc3c1c([n+]2C)-c1cc(F)ccc1O3. The zero-order valence-electron chi connectivity index (χ0n) is 15.0. The van der Waals surface area contributed by atoms with Crippen LogP contribution in [0.25, 0.3) is 32.9 Å². The van der Waals surface area contributed by atoms with Gasteiger partial charge in [-0.25, -0.2) is 13.6 Å². The Kier molecular flexibility index (Phi) is 3.40. The Bertz CT molecular complexity index is 1330. The first kappa shape index (κ1) is 16.6. The Hall–Kier alpha value is -3.54. The Morgan fingerprint density at radius 1 is 1.04 bits per heavy atom. The molecule has 0 unspecified atom stereocenters. The number of benzene rings is 3. The van der Waals surface area contributed by atoms with Gasteiger partial charge in [-0.05, 0) is 30.3 Å². The minimum Gasteiger partial charge on any atom is -0.465 e. The van der Waals surface area contributed by atoms with E-state index in [1.54, 1.807) is 13.1 Å². The molecule has 2 heterocycles. The van der Waals surface area contributed by atoms with Gasteiger partial charge >= 0.3 is 5.97 Å². The van der Waals surface area contributed by atoms with Crippen LogP contribution in [0.4, 0.5) is 8.78 Å². The highest BCUT2D eigenvalue weighted by molar-refractivity contribution is 6.13. The highest BCUT2D eigenvalue weighted by Gasteiger charge is 2.31. The standard InChI is InChI=1S/C22H14F2NO3/c1-25-17-10-14(22(26)27-2)16(24)9-13(17)12-4-3-5-19-20(12)21(25)15-8-11(23)6-7-18(15)28-19/h3-10H,1-2H3/q+1. The number of methoxy groups -OCH3 is 1. The number of esters is 1. The van der Waals surface area contributed by atoms with Crippen molar-refractivity contribution in [1.82, 2.24) is 0 Å². The van der Waals surface area contributed by atoms with E-state index in [4.69, 9.17) is 9.47 Å². The summed E-state index contributed by atoms with van der Waals surface area (Å²) in [6, 6.07) is 12.6. The fourth-order valence-corrected chi connectivity index (χ4v) is 3.90. The molecule has 4 nitrogen and oxygen atoms in total. The largest absolute Gasteiger partial charge is 0.465 e. The maximum atomic E-state index is 14.6. The summed E-state index contributed by atoms with van der Waals surface area (Å²) in [6.07, 6.45) is 0. The number of aromatic nitrogens is 1. The lowest BCUT2D eigenvalue weighted by molar-refractivity contribution is -0.632. The molecule has 0 spiro atoms. The lowest BCUT2D eigenvalue weighted by Gasteiger charge is -2.20. The smallest absolute Gasteiger partial charge is 0.341 e. The van der Waals surface area contributed by atoms with Gasteiger partial charge in [0.2, 0.25) is 11.2 Å². The number of hydrogen-bond acceptors (Lipinski definition) is 3. The second-order valence-electron chi connectivity index (χ2n) is 6.67. The Morgan fingerprint density at radius 3 is 2.64 bits per heavy atom. The summed E-state index contributed by atoms with van der Waals surface area (Å²) < 4.78 is 41.1. The van der Waals surface area contributed by atoms with Crippen molar-refractivity contribution >= 4 is 27.6 Å². The van der Waals surface area contributed by atoms with Crippen LogP contribution in [0.15, 0.2) is 48.5 Å². The van der Waals surface area contributed by atoms with Gasteiger partial charge in [0.15, 0.2) is 0 Å². The molecule has 0 radical (unpaired) electrons. The van der Waals surface area contributed by atoms with Crippen molar-refractivity contribution in [2.45, 2.75) is 0 Å². The molecule has 0 saturated heterocycles. The van der Waals surface area contributed by atoms with E-state index in [1.807, 2.05) is 22.8 Å². The molecule has 0 fully saturated rings. The number of carbonyl (C=O) groups is 1. The van der Waals surface area contributed by atoms with E-state index in [2.05, 4.69) is 0 Å². The average molecular weight is 378 g/mol. The van der Waals surface area contributed by atoms with Gasteiger partial charge in [0.1, 0.15) is 35.7 Å². The minimum absolute atomic E-state index is 0.153. The van der Waals surface area contributed by atoms with Crippen LogP contribution in [0.3, 0.4) is 0 Å². The van der Waals surface area contributed by atoms with Crippen LogP contribution in [-0.4, -0.2) is 13.1 Å². The number of nitrogens with zero attached hydrogens (tertiary/aromatic N) is 1. The summed E-state index contributed by atoms with van der Waals surface area (Å²) in [7, 11) is 3.01. The summed E-state index contributed by atoms with van der Waals surface area (Å²) in [5.41, 5.74) is 1.80. The molecule has 1 aromatic heterocycles. The molecule has 0 aliphatic carbocycles. The van der Waals surface area contributed by atoms with Gasteiger partial charge in [0, 0.05) is 11.5 Å². The van der Waals surface area contributed by atoms with Crippen LogP contribution in [0, 0.1) is 11.6 Å². The van der Waals surface area contributed by atoms with Gasteiger partial charge in [-0.2, -0.15) is 4.57 Å². The normalized spacial score (nSPS) is 12.0. The molecule has 1 aliphatic heterocycles. The number of hydrogen-bond donors (Lipinski definition) is 0. The average Bonchev–Trinajstić information content (AvgIpc) is 2.70. The molecule has 0 saturated carbocycles. The van der Waals surface area contributed by atoms with Gasteiger partial charge in [-0.1, -0.05) is 12.1 Å². The van der Waals surface area contributed by atoms with Crippen molar-refractivity contribution in [3.8, 4) is 22.8 Å². The van der Waals surface area contributed by atoms with E-state index < -0.39 is 11.8 Å². The number of ether oxygens (including phenoxy) is 2. The molecule has 28 heavy (non-hydrogen) atoms. The molecule has 0 amide bonds. The molecule has 5 rings (SSSR count). The van der Waals surface area contributed by atoms with E-state index >= 15 is 0 Å². The molecule has 1 aliphatic rings. The Balaban J connectivity index is 2.00. The molecule has 138 valence electrons. The van der Waals surface area contributed by atoms with Crippen molar-refractivity contribution < 1.29 is 27.6 Å². The Labute approximate surface area is 158 Å². The molecule has 6 heteroatoms. The number of fused-ring (bicyclic) bond motifs is 4. The van der Waals surface area contributed by atoms with E-state index in [0.29, 0.717) is 28.0 Å². The fraction of sp³-hybridized carbons (Fsp3) is 0.0909. The number of aryl methyl sites for hydroxylation is 1.